The fourth-order valence-corrected chi connectivity index (χ4v) is 4.57. The summed E-state index contributed by atoms with van der Waals surface area (Å²) in [7, 11) is 1.63. The van der Waals surface area contributed by atoms with Crippen LogP contribution in [0.25, 0.3) is 44.2 Å². The Morgan fingerprint density at radius 2 is 1.81 bits per heavy atom. The summed E-state index contributed by atoms with van der Waals surface area (Å²) in [5.41, 5.74) is 7.48. The van der Waals surface area contributed by atoms with E-state index in [0.29, 0.717) is 22.8 Å². The average Bonchev–Trinajstić information content (AvgIpc) is 3.58. The third-order valence-electron chi connectivity index (χ3n) is 6.33. The number of pyridine rings is 1. The van der Waals surface area contributed by atoms with Crippen LogP contribution >= 0.6 is 0 Å². The van der Waals surface area contributed by atoms with Crippen LogP contribution in [0.5, 0.6) is 5.75 Å². The van der Waals surface area contributed by atoms with Crippen LogP contribution in [-0.2, 0) is 0 Å². The molecule has 1 amide bonds. The minimum absolute atomic E-state index is 0.303. The summed E-state index contributed by atoms with van der Waals surface area (Å²) in [6.45, 7) is 2.01. The first-order valence-electron chi connectivity index (χ1n) is 11.6. The summed E-state index contributed by atoms with van der Waals surface area (Å²) in [5, 5.41) is 12.2. The zero-order chi connectivity index (χ0) is 24.6. The van der Waals surface area contributed by atoms with Gasteiger partial charge in [0.25, 0.3) is 5.91 Å². The number of hydrogen-bond donors (Lipinski definition) is 3. The molecule has 6 rings (SSSR count). The van der Waals surface area contributed by atoms with Gasteiger partial charge in [-0.15, -0.1) is 0 Å². The third-order valence-corrected chi connectivity index (χ3v) is 6.33. The van der Waals surface area contributed by atoms with E-state index >= 15 is 0 Å². The van der Waals surface area contributed by atoms with Crippen molar-refractivity contribution in [1.82, 2.24) is 20.2 Å². The zero-order valence-electron chi connectivity index (χ0n) is 19.8. The fraction of sp³-hybridized carbons (Fsp3) is 0.0690. The predicted molar refractivity (Wildman–Crippen MR) is 142 cm³/mol. The Hall–Kier alpha value is -4.91. The Labute approximate surface area is 207 Å². The molecule has 0 fully saturated rings. The molecule has 3 aromatic heterocycles. The normalized spacial score (nSPS) is 11.2. The maximum Gasteiger partial charge on any atom is 0.274 e. The molecule has 3 heterocycles. The number of methoxy groups -OCH3 is 1. The number of amides is 1. The number of nitrogens with zero attached hydrogens (tertiary/aromatic N) is 2. The summed E-state index contributed by atoms with van der Waals surface area (Å²) < 4.78 is 5.52. The van der Waals surface area contributed by atoms with Gasteiger partial charge in [0.15, 0.2) is 0 Å². The molecule has 0 aliphatic rings. The largest absolute Gasteiger partial charge is 0.496 e. The molecule has 0 atom stereocenters. The lowest BCUT2D eigenvalue weighted by atomic mass is 9.99. The van der Waals surface area contributed by atoms with Gasteiger partial charge in [0, 0.05) is 28.0 Å². The minimum Gasteiger partial charge on any atom is -0.496 e. The van der Waals surface area contributed by atoms with Crippen molar-refractivity contribution in [3.8, 4) is 28.1 Å². The van der Waals surface area contributed by atoms with Crippen molar-refractivity contribution in [3.05, 3.63) is 96.4 Å². The second-order valence-corrected chi connectivity index (χ2v) is 8.67. The van der Waals surface area contributed by atoms with Crippen LogP contribution in [0.4, 0.5) is 5.69 Å². The van der Waals surface area contributed by atoms with Gasteiger partial charge in [-0.3, -0.25) is 9.89 Å². The molecule has 0 radical (unpaired) electrons. The van der Waals surface area contributed by atoms with Crippen molar-refractivity contribution >= 4 is 33.4 Å². The number of nitrogens with one attached hydrogen (secondary N) is 3. The highest BCUT2D eigenvalue weighted by atomic mass is 16.5. The summed E-state index contributed by atoms with van der Waals surface area (Å²) in [4.78, 5) is 21.3. The summed E-state index contributed by atoms with van der Waals surface area (Å²) in [5.74, 6) is 0.403. The fourth-order valence-electron chi connectivity index (χ4n) is 4.57. The van der Waals surface area contributed by atoms with E-state index in [4.69, 9.17) is 4.74 Å². The monoisotopic (exact) mass is 473 g/mol. The lowest BCUT2D eigenvalue weighted by Gasteiger charge is -2.12. The lowest BCUT2D eigenvalue weighted by molar-refractivity contribution is 0.102. The first-order valence-corrected chi connectivity index (χ1v) is 11.6. The van der Waals surface area contributed by atoms with E-state index in [1.807, 2.05) is 67.7 Å². The van der Waals surface area contributed by atoms with Crippen molar-refractivity contribution in [1.29, 1.82) is 0 Å². The molecule has 7 heteroatoms. The van der Waals surface area contributed by atoms with E-state index in [1.165, 1.54) is 0 Å². The number of anilines is 1. The Balaban J connectivity index is 1.39. The molecule has 0 aliphatic heterocycles. The number of carbonyl (C=O) groups excluding carboxylic acids is 1. The van der Waals surface area contributed by atoms with Crippen LogP contribution in [0.2, 0.25) is 0 Å². The van der Waals surface area contributed by atoms with E-state index in [0.717, 1.165) is 44.1 Å². The van der Waals surface area contributed by atoms with Gasteiger partial charge in [0.2, 0.25) is 0 Å². The third kappa shape index (κ3) is 3.76. The number of fused-ring (bicyclic) bond motifs is 2. The van der Waals surface area contributed by atoms with Gasteiger partial charge in [-0.25, -0.2) is 4.98 Å². The predicted octanol–water partition coefficient (Wildman–Crippen LogP) is 6.34. The Kier molecular flexibility index (Phi) is 5.22. The molecule has 3 aromatic carbocycles. The van der Waals surface area contributed by atoms with Gasteiger partial charge < -0.3 is 15.0 Å². The summed E-state index contributed by atoms with van der Waals surface area (Å²) >= 11 is 0. The molecule has 0 saturated carbocycles. The Morgan fingerprint density at radius 1 is 0.917 bits per heavy atom. The quantitative estimate of drug-likeness (QED) is 0.272. The summed E-state index contributed by atoms with van der Waals surface area (Å²) in [6, 6.07) is 23.5. The van der Waals surface area contributed by atoms with E-state index in [9.17, 15) is 4.79 Å². The molecule has 0 aliphatic carbocycles. The van der Waals surface area contributed by atoms with Gasteiger partial charge in [-0.2, -0.15) is 5.10 Å². The Bertz CT molecular complexity index is 1750. The number of hydrogen-bond acceptors (Lipinski definition) is 4. The lowest BCUT2D eigenvalue weighted by Crippen LogP contribution is -2.14. The molecule has 3 N–H and O–H groups in total. The standard InChI is InChI=1S/C29H23N5O2/c1-17-9-10-28(36-2)21(13-17)24-7-4-8-25(32-24)29(35)33-26-14-18(15-27-22(26)16-31-34-27)19-5-3-6-23-20(19)11-12-30-23/h3-16,30H,1-2H3,(H,31,34)(H,33,35). The first kappa shape index (κ1) is 21.6. The number of aromatic nitrogens is 4. The number of carbonyl (C=O) groups is 1. The van der Waals surface area contributed by atoms with Gasteiger partial charge in [0.05, 0.1) is 30.2 Å². The van der Waals surface area contributed by atoms with Gasteiger partial charge >= 0.3 is 0 Å². The molecular formula is C29H23N5O2. The van der Waals surface area contributed by atoms with Crippen LogP contribution in [0.3, 0.4) is 0 Å². The molecule has 36 heavy (non-hydrogen) atoms. The SMILES string of the molecule is COc1ccc(C)cc1-c1cccc(C(=O)Nc2cc(-c3cccc4[nH]ccc34)cc3[nH]ncc23)n1. The maximum absolute atomic E-state index is 13.4. The molecule has 0 bridgehead atoms. The van der Waals surface area contributed by atoms with E-state index in [1.54, 1.807) is 19.4 Å². The first-order chi connectivity index (χ1) is 17.6. The second-order valence-electron chi connectivity index (χ2n) is 8.67. The van der Waals surface area contributed by atoms with Gasteiger partial charge in [-0.1, -0.05) is 29.8 Å². The number of aromatic amines is 2. The maximum atomic E-state index is 13.4. The van der Waals surface area contributed by atoms with Crippen molar-refractivity contribution in [3.63, 3.8) is 0 Å². The molecule has 0 unspecified atom stereocenters. The van der Waals surface area contributed by atoms with Crippen LogP contribution in [-0.4, -0.2) is 33.2 Å². The molecule has 6 aromatic rings. The number of H-pyrrole nitrogens is 2. The van der Waals surface area contributed by atoms with E-state index in [-0.39, 0.29) is 5.91 Å². The van der Waals surface area contributed by atoms with Crippen molar-refractivity contribution < 1.29 is 9.53 Å². The second kappa shape index (κ2) is 8.70. The topological polar surface area (TPSA) is 95.7 Å². The van der Waals surface area contributed by atoms with Crippen molar-refractivity contribution in [2.45, 2.75) is 6.92 Å². The van der Waals surface area contributed by atoms with E-state index < -0.39 is 0 Å². The van der Waals surface area contributed by atoms with Crippen LogP contribution < -0.4 is 10.1 Å². The van der Waals surface area contributed by atoms with Crippen LogP contribution in [0, 0.1) is 6.92 Å². The average molecular weight is 474 g/mol. The minimum atomic E-state index is -0.303. The van der Waals surface area contributed by atoms with E-state index in [2.05, 4.69) is 37.6 Å². The zero-order valence-corrected chi connectivity index (χ0v) is 19.8. The number of rotatable bonds is 5. The highest BCUT2D eigenvalue weighted by molar-refractivity contribution is 6.09. The Morgan fingerprint density at radius 3 is 2.69 bits per heavy atom. The van der Waals surface area contributed by atoms with Crippen LogP contribution in [0.15, 0.2) is 85.2 Å². The molecule has 176 valence electrons. The van der Waals surface area contributed by atoms with Gasteiger partial charge in [-0.05, 0) is 66.6 Å². The van der Waals surface area contributed by atoms with Crippen molar-refractivity contribution in [2.75, 3.05) is 12.4 Å². The highest BCUT2D eigenvalue weighted by Gasteiger charge is 2.16. The van der Waals surface area contributed by atoms with Crippen molar-refractivity contribution in [2.24, 2.45) is 0 Å². The van der Waals surface area contributed by atoms with Gasteiger partial charge in [0.1, 0.15) is 11.4 Å². The highest BCUT2D eigenvalue weighted by Crippen LogP contribution is 2.34. The van der Waals surface area contributed by atoms with Crippen LogP contribution in [0.1, 0.15) is 16.1 Å². The number of benzene rings is 3. The molecular weight excluding hydrogens is 450 g/mol. The smallest absolute Gasteiger partial charge is 0.274 e. The summed E-state index contributed by atoms with van der Waals surface area (Å²) in [6.07, 6.45) is 3.64. The molecule has 0 spiro atoms. The number of aryl methyl sites for hydroxylation is 1. The molecule has 0 saturated heterocycles. The molecule has 7 nitrogen and oxygen atoms in total. The number of ether oxygens (including phenoxy) is 1.